The maximum atomic E-state index is 10.4. The summed E-state index contributed by atoms with van der Waals surface area (Å²) >= 11 is 0. The molecule has 0 amide bonds. The number of carbonyl (C=O) groups excluding carboxylic acids is 1. The molecule has 2 heteroatoms. The molecular weight excluding hydrogens is 128 g/mol. The summed E-state index contributed by atoms with van der Waals surface area (Å²) in [6.07, 6.45) is 1.90. The van der Waals surface area contributed by atoms with Gasteiger partial charge in [0.05, 0.1) is 0 Å². The average Bonchev–Trinajstić information content (AvgIpc) is 1.98. The maximum absolute atomic E-state index is 10.4. The van der Waals surface area contributed by atoms with E-state index in [0.717, 1.165) is 12.5 Å². The summed E-state index contributed by atoms with van der Waals surface area (Å²) in [5.74, 6) is 5.00. The molecule has 0 saturated heterocycles. The van der Waals surface area contributed by atoms with Gasteiger partial charge in [-0.3, -0.25) is 0 Å². The van der Waals surface area contributed by atoms with Crippen molar-refractivity contribution in [2.75, 3.05) is 6.61 Å². The van der Waals surface area contributed by atoms with Gasteiger partial charge < -0.3 is 4.74 Å². The molecule has 10 heavy (non-hydrogen) atoms. The first-order valence-electron chi connectivity index (χ1n) is 3.06. The molecule has 0 heterocycles. The van der Waals surface area contributed by atoms with Gasteiger partial charge in [-0.25, -0.2) is 4.79 Å². The fourth-order valence-corrected chi connectivity index (χ4v) is 0.342. The Morgan fingerprint density at radius 1 is 1.70 bits per heavy atom. The number of rotatable bonds is 2. The third-order valence-electron chi connectivity index (χ3n) is 0.755. The third kappa shape index (κ3) is 4.92. The largest absolute Gasteiger partial charge is 0.449 e. The summed E-state index contributed by atoms with van der Waals surface area (Å²) in [6.45, 7) is 5.34. The van der Waals surface area contributed by atoms with Gasteiger partial charge in [-0.2, -0.15) is 0 Å². The van der Waals surface area contributed by atoms with Crippen LogP contribution in [-0.2, 0) is 9.53 Å². The van der Waals surface area contributed by atoms with Crippen LogP contribution in [0.3, 0.4) is 0 Å². The molecule has 0 aliphatic carbocycles. The number of hydrogen-bond donors (Lipinski definition) is 0. The summed E-state index contributed by atoms with van der Waals surface area (Å²) in [4.78, 5) is 10.4. The van der Waals surface area contributed by atoms with E-state index in [1.165, 1.54) is 0 Å². The Labute approximate surface area is 60.9 Å². The molecule has 54 valence electrons. The quantitative estimate of drug-likeness (QED) is 0.325. The standard InChI is InChI=1S/C8H10O2/c1-3-5-6-7-10-8(9)4-2/h4H,2-3,7H2,1H3. The SMILES string of the molecule is C=CC(=O)OCC#CCC. The van der Waals surface area contributed by atoms with Gasteiger partial charge in [0.25, 0.3) is 0 Å². The van der Waals surface area contributed by atoms with Gasteiger partial charge in [0.1, 0.15) is 0 Å². The molecule has 0 fully saturated rings. The van der Waals surface area contributed by atoms with E-state index in [2.05, 4.69) is 23.2 Å². The van der Waals surface area contributed by atoms with Crippen molar-refractivity contribution in [2.45, 2.75) is 13.3 Å². The molecule has 0 radical (unpaired) electrons. The highest BCUT2D eigenvalue weighted by molar-refractivity contribution is 5.81. The minimum Gasteiger partial charge on any atom is -0.449 e. The Hall–Kier alpha value is -1.23. The zero-order chi connectivity index (χ0) is 7.82. The predicted molar refractivity (Wildman–Crippen MR) is 39.2 cm³/mol. The Morgan fingerprint density at radius 2 is 2.40 bits per heavy atom. The van der Waals surface area contributed by atoms with Crippen molar-refractivity contribution in [3.63, 3.8) is 0 Å². The van der Waals surface area contributed by atoms with Gasteiger partial charge >= 0.3 is 5.97 Å². The van der Waals surface area contributed by atoms with Gasteiger partial charge in [-0.1, -0.05) is 19.4 Å². The minimum absolute atomic E-state index is 0.165. The Balaban J connectivity index is 3.36. The van der Waals surface area contributed by atoms with E-state index in [1.807, 2.05) is 6.92 Å². The van der Waals surface area contributed by atoms with E-state index in [1.54, 1.807) is 0 Å². The fraction of sp³-hybridized carbons (Fsp3) is 0.375. The molecule has 0 N–H and O–H groups in total. The lowest BCUT2D eigenvalue weighted by Gasteiger charge is -1.91. The average molecular weight is 138 g/mol. The molecule has 0 aliphatic rings. The number of esters is 1. The van der Waals surface area contributed by atoms with E-state index >= 15 is 0 Å². The fourth-order valence-electron chi connectivity index (χ4n) is 0.342. The third-order valence-corrected chi connectivity index (χ3v) is 0.755. The summed E-state index contributed by atoms with van der Waals surface area (Å²) in [5, 5.41) is 0. The molecule has 0 aromatic rings. The van der Waals surface area contributed by atoms with Crippen molar-refractivity contribution >= 4 is 5.97 Å². The first kappa shape index (κ1) is 8.77. The zero-order valence-corrected chi connectivity index (χ0v) is 6.02. The van der Waals surface area contributed by atoms with Crippen molar-refractivity contribution in [3.05, 3.63) is 12.7 Å². The van der Waals surface area contributed by atoms with Gasteiger partial charge in [0.15, 0.2) is 6.61 Å². The summed E-state index contributed by atoms with van der Waals surface area (Å²) in [6, 6.07) is 0. The Morgan fingerprint density at radius 3 is 2.90 bits per heavy atom. The van der Waals surface area contributed by atoms with Crippen molar-refractivity contribution < 1.29 is 9.53 Å². The highest BCUT2D eigenvalue weighted by atomic mass is 16.5. The second-order valence-electron chi connectivity index (χ2n) is 1.52. The van der Waals surface area contributed by atoms with E-state index in [-0.39, 0.29) is 6.61 Å². The maximum Gasteiger partial charge on any atom is 0.331 e. The van der Waals surface area contributed by atoms with Crippen LogP contribution < -0.4 is 0 Å². The highest BCUT2D eigenvalue weighted by Crippen LogP contribution is 1.77. The smallest absolute Gasteiger partial charge is 0.331 e. The lowest BCUT2D eigenvalue weighted by Crippen LogP contribution is -1.99. The summed E-state index contributed by atoms with van der Waals surface area (Å²) in [7, 11) is 0. The first-order valence-corrected chi connectivity index (χ1v) is 3.06. The Bertz CT molecular complexity index is 171. The van der Waals surface area contributed by atoms with Crippen LogP contribution >= 0.6 is 0 Å². The van der Waals surface area contributed by atoms with E-state index in [9.17, 15) is 4.79 Å². The van der Waals surface area contributed by atoms with Crippen LogP contribution in [0.5, 0.6) is 0 Å². The van der Waals surface area contributed by atoms with Crippen LogP contribution in [0.4, 0.5) is 0 Å². The normalized spacial score (nSPS) is 7.30. The van der Waals surface area contributed by atoms with Crippen LogP contribution in [0.15, 0.2) is 12.7 Å². The van der Waals surface area contributed by atoms with E-state index < -0.39 is 5.97 Å². The van der Waals surface area contributed by atoms with Crippen molar-refractivity contribution in [1.29, 1.82) is 0 Å². The van der Waals surface area contributed by atoms with Gasteiger partial charge in [0.2, 0.25) is 0 Å². The number of ether oxygens (including phenoxy) is 1. The lowest BCUT2D eigenvalue weighted by atomic mass is 10.5. The first-order chi connectivity index (χ1) is 4.81. The Kier molecular flexibility index (Phi) is 5.17. The van der Waals surface area contributed by atoms with Gasteiger partial charge in [0, 0.05) is 12.5 Å². The zero-order valence-electron chi connectivity index (χ0n) is 6.02. The molecule has 0 spiro atoms. The number of hydrogen-bond acceptors (Lipinski definition) is 2. The monoisotopic (exact) mass is 138 g/mol. The molecule has 0 atom stereocenters. The molecule has 0 bridgehead atoms. The van der Waals surface area contributed by atoms with Crippen molar-refractivity contribution in [3.8, 4) is 11.8 Å². The topological polar surface area (TPSA) is 26.3 Å². The molecule has 0 aromatic heterocycles. The predicted octanol–water partition coefficient (Wildman–Crippen LogP) is 1.13. The molecule has 0 saturated carbocycles. The van der Waals surface area contributed by atoms with Crippen molar-refractivity contribution in [2.24, 2.45) is 0 Å². The summed E-state index contributed by atoms with van der Waals surface area (Å²) in [5.41, 5.74) is 0. The second-order valence-corrected chi connectivity index (χ2v) is 1.52. The van der Waals surface area contributed by atoms with Crippen molar-refractivity contribution in [1.82, 2.24) is 0 Å². The van der Waals surface area contributed by atoms with Gasteiger partial charge in [-0.15, -0.1) is 5.92 Å². The molecule has 0 unspecified atom stereocenters. The molecule has 2 nitrogen and oxygen atoms in total. The molecule has 0 aromatic carbocycles. The van der Waals surface area contributed by atoms with Gasteiger partial charge in [-0.05, 0) is 0 Å². The molecular formula is C8H10O2. The van der Waals surface area contributed by atoms with Crippen LogP contribution in [0.2, 0.25) is 0 Å². The number of carbonyl (C=O) groups is 1. The van der Waals surface area contributed by atoms with E-state index in [0.29, 0.717) is 0 Å². The molecule has 0 aliphatic heterocycles. The minimum atomic E-state index is -0.426. The lowest BCUT2D eigenvalue weighted by molar-refractivity contribution is -0.136. The van der Waals surface area contributed by atoms with Crippen LogP contribution in [-0.4, -0.2) is 12.6 Å². The van der Waals surface area contributed by atoms with E-state index in [4.69, 9.17) is 0 Å². The van der Waals surface area contributed by atoms with Crippen LogP contribution in [0.1, 0.15) is 13.3 Å². The summed E-state index contributed by atoms with van der Waals surface area (Å²) < 4.78 is 4.56. The van der Waals surface area contributed by atoms with Crippen LogP contribution in [0, 0.1) is 11.8 Å². The highest BCUT2D eigenvalue weighted by Gasteiger charge is 1.88. The second kappa shape index (κ2) is 5.90. The van der Waals surface area contributed by atoms with Crippen LogP contribution in [0.25, 0.3) is 0 Å². The molecule has 0 rings (SSSR count).